The number of carbonyl (C=O) groups is 1. The predicted octanol–water partition coefficient (Wildman–Crippen LogP) is 3.20. The van der Waals surface area contributed by atoms with Crippen LogP contribution in [0.1, 0.15) is 31.2 Å². The van der Waals surface area contributed by atoms with Gasteiger partial charge in [-0.25, -0.2) is 32.8 Å². The summed E-state index contributed by atoms with van der Waals surface area (Å²) in [5.41, 5.74) is 0.791. The first-order valence-corrected chi connectivity index (χ1v) is 13.0. The van der Waals surface area contributed by atoms with Gasteiger partial charge in [0.25, 0.3) is 0 Å². The SMILES string of the molecule is C=C(CNC(=O)[C@@H]1[C@H]2CC[C@H]2CN1S(=O)(=O)c1ccc(F)cc1)N=CN=C(C)c1cnc(C(F)(F)F)nc1. The summed E-state index contributed by atoms with van der Waals surface area (Å²) in [5.74, 6) is -2.34. The van der Waals surface area contributed by atoms with Crippen LogP contribution >= 0.6 is 0 Å². The van der Waals surface area contributed by atoms with Crippen LogP contribution in [0.4, 0.5) is 17.6 Å². The second kappa shape index (κ2) is 10.7. The molecule has 38 heavy (non-hydrogen) atoms. The van der Waals surface area contributed by atoms with E-state index in [9.17, 15) is 30.8 Å². The van der Waals surface area contributed by atoms with Crippen LogP contribution in [0.3, 0.4) is 0 Å². The third kappa shape index (κ3) is 5.80. The molecule has 1 aliphatic carbocycles. The van der Waals surface area contributed by atoms with E-state index in [2.05, 4.69) is 31.8 Å². The molecular weight excluding hydrogens is 528 g/mol. The number of amides is 1. The van der Waals surface area contributed by atoms with Crippen molar-refractivity contribution in [2.45, 2.75) is 36.9 Å². The van der Waals surface area contributed by atoms with Crippen LogP contribution in [0.15, 0.2) is 63.8 Å². The first-order chi connectivity index (χ1) is 17.9. The van der Waals surface area contributed by atoms with E-state index < -0.39 is 39.8 Å². The van der Waals surface area contributed by atoms with Gasteiger partial charge in [0.1, 0.15) is 18.2 Å². The molecule has 1 saturated carbocycles. The Kier molecular flexibility index (Phi) is 7.74. The average molecular weight is 553 g/mol. The van der Waals surface area contributed by atoms with Gasteiger partial charge in [-0.15, -0.1) is 0 Å². The van der Waals surface area contributed by atoms with Gasteiger partial charge in [-0.1, -0.05) is 6.58 Å². The van der Waals surface area contributed by atoms with E-state index in [0.29, 0.717) is 5.71 Å². The van der Waals surface area contributed by atoms with E-state index in [1.807, 2.05) is 0 Å². The molecule has 4 rings (SSSR count). The lowest BCUT2D eigenvalue weighted by atomic mass is 9.73. The average Bonchev–Trinajstić information content (AvgIpc) is 3.12. The number of halogens is 4. The Labute approximate surface area is 216 Å². The van der Waals surface area contributed by atoms with Crippen molar-refractivity contribution in [3.8, 4) is 0 Å². The third-order valence-electron chi connectivity index (χ3n) is 6.58. The summed E-state index contributed by atoms with van der Waals surface area (Å²) in [5, 5.41) is 2.67. The van der Waals surface area contributed by atoms with Gasteiger partial charge in [0, 0.05) is 30.2 Å². The molecule has 1 aromatic heterocycles. The zero-order valence-electron chi connectivity index (χ0n) is 20.2. The maximum absolute atomic E-state index is 13.3. The summed E-state index contributed by atoms with van der Waals surface area (Å²) in [7, 11) is -4.01. The van der Waals surface area contributed by atoms with E-state index >= 15 is 0 Å². The number of hydrogen-bond acceptors (Lipinski definition) is 6. The van der Waals surface area contributed by atoms with Gasteiger partial charge >= 0.3 is 6.18 Å². The summed E-state index contributed by atoms with van der Waals surface area (Å²) in [6, 6.07) is 3.57. The summed E-state index contributed by atoms with van der Waals surface area (Å²) >= 11 is 0. The highest BCUT2D eigenvalue weighted by molar-refractivity contribution is 7.89. The molecule has 202 valence electrons. The van der Waals surface area contributed by atoms with Crippen LogP contribution in [0.25, 0.3) is 0 Å². The number of hydrogen-bond donors (Lipinski definition) is 1. The normalized spacial score (nSPS) is 22.2. The Morgan fingerprint density at radius 1 is 1.21 bits per heavy atom. The minimum absolute atomic E-state index is 0.0775. The second-order valence-corrected chi connectivity index (χ2v) is 10.9. The van der Waals surface area contributed by atoms with Crippen molar-refractivity contribution in [1.82, 2.24) is 19.6 Å². The van der Waals surface area contributed by atoms with E-state index in [-0.39, 0.29) is 41.1 Å². The maximum atomic E-state index is 13.3. The Morgan fingerprint density at radius 2 is 1.87 bits per heavy atom. The van der Waals surface area contributed by atoms with Crippen molar-refractivity contribution >= 4 is 28.0 Å². The highest BCUT2D eigenvalue weighted by atomic mass is 32.2. The largest absolute Gasteiger partial charge is 0.451 e. The summed E-state index contributed by atoms with van der Waals surface area (Å²) in [6.07, 6.45) is 0.0239. The first kappa shape index (κ1) is 27.5. The number of aromatic nitrogens is 2. The monoisotopic (exact) mass is 552 g/mol. The number of benzene rings is 1. The standard InChI is InChI=1S/C24H24F4N6O3S/c1-14(32-13-33-15(2)17-10-30-23(31-11-17)24(26,27)28)9-29-22(35)21-20-8-3-16(20)12-34(21)38(36,37)19-6-4-18(25)5-7-19/h4-7,10-11,13,16,20-21H,1,3,8-9,12H2,2H3,(H,29,35)/t16-,20-,21-/m0/s1. The zero-order chi connectivity index (χ0) is 27.7. The number of nitrogens with zero attached hydrogens (tertiary/aromatic N) is 5. The molecule has 0 spiro atoms. The number of sulfonamides is 1. The first-order valence-electron chi connectivity index (χ1n) is 11.6. The molecule has 1 saturated heterocycles. The number of fused-ring (bicyclic) bond motifs is 1. The van der Waals surface area contributed by atoms with Crippen molar-refractivity contribution in [2.75, 3.05) is 13.1 Å². The minimum Gasteiger partial charge on any atom is -0.349 e. The van der Waals surface area contributed by atoms with Crippen molar-refractivity contribution < 1.29 is 30.8 Å². The fraction of sp³-hybridized carbons (Fsp3) is 0.375. The molecule has 2 fully saturated rings. The molecule has 0 bridgehead atoms. The van der Waals surface area contributed by atoms with Gasteiger partial charge in [0.15, 0.2) is 0 Å². The fourth-order valence-electron chi connectivity index (χ4n) is 4.38. The van der Waals surface area contributed by atoms with Crippen molar-refractivity contribution in [2.24, 2.45) is 21.8 Å². The number of carbonyl (C=O) groups excluding carboxylic acids is 1. The molecule has 1 aromatic carbocycles. The molecule has 1 aliphatic heterocycles. The van der Waals surface area contributed by atoms with Gasteiger partial charge in [-0.05, 0) is 55.9 Å². The molecule has 2 heterocycles. The summed E-state index contributed by atoms with van der Waals surface area (Å²) in [4.78, 5) is 27.5. The van der Waals surface area contributed by atoms with Crippen LogP contribution in [0, 0.1) is 17.7 Å². The number of aliphatic imine (C=N–C) groups is 2. The number of nitrogens with one attached hydrogen (secondary N) is 1. The summed E-state index contributed by atoms with van der Waals surface area (Å²) in [6.45, 7) is 5.40. The van der Waals surface area contributed by atoms with Gasteiger partial charge in [-0.2, -0.15) is 17.5 Å². The highest BCUT2D eigenvalue weighted by Crippen LogP contribution is 2.46. The zero-order valence-corrected chi connectivity index (χ0v) is 21.0. The Bertz CT molecular complexity index is 1380. The lowest BCUT2D eigenvalue weighted by molar-refractivity contribution is -0.145. The fourth-order valence-corrected chi connectivity index (χ4v) is 6.07. The maximum Gasteiger partial charge on any atom is 0.451 e. The van der Waals surface area contributed by atoms with Gasteiger partial charge < -0.3 is 5.32 Å². The third-order valence-corrected chi connectivity index (χ3v) is 8.44. The molecular formula is C24H24F4N6O3S. The van der Waals surface area contributed by atoms with Gasteiger partial charge in [0.2, 0.25) is 21.8 Å². The van der Waals surface area contributed by atoms with Crippen molar-refractivity contribution in [1.29, 1.82) is 0 Å². The van der Waals surface area contributed by atoms with E-state index in [4.69, 9.17) is 0 Å². The Balaban J connectivity index is 1.37. The second-order valence-electron chi connectivity index (χ2n) is 9.01. The Morgan fingerprint density at radius 3 is 2.45 bits per heavy atom. The van der Waals surface area contributed by atoms with Crippen LogP contribution in [0.5, 0.6) is 0 Å². The lowest BCUT2D eigenvalue weighted by Crippen LogP contribution is -2.49. The Hall–Kier alpha value is -3.52. The van der Waals surface area contributed by atoms with Crippen LogP contribution < -0.4 is 5.32 Å². The van der Waals surface area contributed by atoms with Crippen LogP contribution in [-0.4, -0.2) is 59.8 Å². The number of alkyl halides is 3. The van der Waals surface area contributed by atoms with Crippen molar-refractivity contribution in [3.05, 3.63) is 66.1 Å². The highest BCUT2D eigenvalue weighted by Gasteiger charge is 2.54. The molecule has 2 aromatic rings. The molecule has 0 radical (unpaired) electrons. The van der Waals surface area contributed by atoms with Gasteiger partial charge in [0.05, 0.1) is 17.1 Å². The molecule has 2 aliphatic rings. The van der Waals surface area contributed by atoms with E-state index in [1.54, 1.807) is 0 Å². The topological polar surface area (TPSA) is 117 Å². The quantitative estimate of drug-likeness (QED) is 0.307. The van der Waals surface area contributed by atoms with Crippen LogP contribution in [-0.2, 0) is 21.0 Å². The molecule has 1 N–H and O–H groups in total. The van der Waals surface area contributed by atoms with Crippen LogP contribution in [0.2, 0.25) is 0 Å². The van der Waals surface area contributed by atoms with Crippen molar-refractivity contribution in [3.63, 3.8) is 0 Å². The lowest BCUT2D eigenvalue weighted by Gasteiger charge is -2.32. The van der Waals surface area contributed by atoms with E-state index in [1.165, 1.54) is 23.4 Å². The predicted molar refractivity (Wildman–Crippen MR) is 130 cm³/mol. The smallest absolute Gasteiger partial charge is 0.349 e. The minimum atomic E-state index is -4.65. The van der Waals surface area contributed by atoms with E-state index in [0.717, 1.165) is 43.7 Å². The number of rotatable bonds is 8. The summed E-state index contributed by atoms with van der Waals surface area (Å²) < 4.78 is 78.7. The molecule has 0 unspecified atom stereocenters. The van der Waals surface area contributed by atoms with Gasteiger partial charge in [-0.3, -0.25) is 4.79 Å². The molecule has 3 atom stereocenters. The molecule has 1 amide bonds. The molecule has 14 heteroatoms. The molecule has 9 nitrogen and oxygen atoms in total.